The van der Waals surface area contributed by atoms with Crippen molar-refractivity contribution in [3.05, 3.63) is 109 Å². The maximum Gasteiger partial charge on any atom is 0.472 e. The van der Waals surface area contributed by atoms with Gasteiger partial charge in [-0.25, -0.2) is 4.57 Å². The lowest BCUT2D eigenvalue weighted by atomic mass is 10.0. The van der Waals surface area contributed by atoms with Gasteiger partial charge in [-0.1, -0.05) is 323 Å². The van der Waals surface area contributed by atoms with Gasteiger partial charge in [0.05, 0.1) is 33.8 Å². The Kier molecular flexibility index (Phi) is 67.0. The molecule has 3 atom stereocenters. The molecule has 0 spiro atoms. The highest BCUT2D eigenvalue weighted by atomic mass is 31.2. The minimum atomic E-state index is -4.47. The summed E-state index contributed by atoms with van der Waals surface area (Å²) in [6.45, 7) is 6.90. The van der Waals surface area contributed by atoms with Crippen molar-refractivity contribution < 1.29 is 37.3 Å². The third-order valence-electron chi connectivity index (χ3n) is 16.7. The van der Waals surface area contributed by atoms with Crippen LogP contribution in [0.5, 0.6) is 0 Å². The summed E-state index contributed by atoms with van der Waals surface area (Å²) in [5.41, 5.74) is 0. The lowest BCUT2D eigenvalue weighted by molar-refractivity contribution is -0.870. The van der Waals surface area contributed by atoms with E-state index in [0.717, 1.165) is 116 Å². The largest absolute Gasteiger partial charge is 0.472 e. The average molecular weight is 1290 g/mol. The monoisotopic (exact) mass is 1290 g/mol. The van der Waals surface area contributed by atoms with Gasteiger partial charge in [-0.05, 0) is 115 Å². The average Bonchev–Trinajstić information content (AvgIpc) is 3.73. The number of nitrogens with one attached hydrogen (secondary N) is 1. The minimum Gasteiger partial charge on any atom is -0.456 e. The molecule has 0 aliphatic heterocycles. The number of allylic oxidation sites excluding steroid dienone is 17. The number of rotatable bonds is 69. The van der Waals surface area contributed by atoms with Crippen molar-refractivity contribution in [1.29, 1.82) is 0 Å². The van der Waals surface area contributed by atoms with Crippen LogP contribution in [0.3, 0.4) is 0 Å². The van der Waals surface area contributed by atoms with E-state index in [0.29, 0.717) is 17.4 Å². The topological polar surface area (TPSA) is 111 Å². The molecule has 526 valence electrons. The molecular formula is C81H146N2O7P+. The molecule has 0 bridgehead atoms. The minimum absolute atomic E-state index is 0.0352. The normalized spacial score (nSPS) is 14.1. The Morgan fingerprint density at radius 3 is 1.08 bits per heavy atom. The predicted octanol–water partition coefficient (Wildman–Crippen LogP) is 24.8. The summed E-state index contributed by atoms with van der Waals surface area (Å²) < 4.78 is 30.9. The van der Waals surface area contributed by atoms with Crippen molar-refractivity contribution in [2.45, 2.75) is 354 Å². The van der Waals surface area contributed by atoms with E-state index in [1.165, 1.54) is 193 Å². The number of nitrogens with zero attached hydrogens (tertiary/aromatic N) is 1. The second kappa shape index (κ2) is 69.5. The fraction of sp³-hybridized carbons (Fsp3) is 0.753. The lowest BCUT2D eigenvalue weighted by Crippen LogP contribution is -2.47. The van der Waals surface area contributed by atoms with Crippen molar-refractivity contribution in [3.63, 3.8) is 0 Å². The Morgan fingerprint density at radius 1 is 0.396 bits per heavy atom. The van der Waals surface area contributed by atoms with Crippen molar-refractivity contribution in [1.82, 2.24) is 5.32 Å². The molecule has 0 aliphatic carbocycles. The predicted molar refractivity (Wildman–Crippen MR) is 397 cm³/mol. The molecule has 0 saturated carbocycles. The number of quaternary nitrogens is 1. The number of unbranched alkanes of at least 4 members (excludes halogenated alkanes) is 37. The van der Waals surface area contributed by atoms with Gasteiger partial charge in [0.25, 0.3) is 0 Å². The van der Waals surface area contributed by atoms with Crippen LogP contribution in [0.1, 0.15) is 342 Å². The summed E-state index contributed by atoms with van der Waals surface area (Å²) in [5, 5.41) is 3.08. The molecule has 9 nitrogen and oxygen atoms in total. The van der Waals surface area contributed by atoms with E-state index in [9.17, 15) is 19.0 Å². The molecule has 10 heteroatoms. The zero-order valence-corrected chi connectivity index (χ0v) is 61.2. The molecule has 0 saturated heterocycles. The Morgan fingerprint density at radius 2 is 0.703 bits per heavy atom. The van der Waals surface area contributed by atoms with Crippen molar-refractivity contribution >= 4 is 19.7 Å². The van der Waals surface area contributed by atoms with E-state index in [2.05, 4.69) is 123 Å². The number of carbonyl (C=O) groups is 2. The van der Waals surface area contributed by atoms with Gasteiger partial charge >= 0.3 is 13.8 Å². The Bertz CT molecular complexity index is 1930. The van der Waals surface area contributed by atoms with Gasteiger partial charge in [-0.3, -0.25) is 18.6 Å². The lowest BCUT2D eigenvalue weighted by Gasteiger charge is -2.27. The molecular weight excluding hydrogens is 1140 g/mol. The molecule has 0 aliphatic rings. The Labute approximate surface area is 563 Å². The smallest absolute Gasteiger partial charge is 0.456 e. The number of hydrogen-bond donors (Lipinski definition) is 2. The van der Waals surface area contributed by atoms with E-state index in [-0.39, 0.29) is 31.5 Å². The number of carbonyl (C=O) groups excluding carboxylic acids is 2. The van der Waals surface area contributed by atoms with Crippen LogP contribution >= 0.6 is 7.82 Å². The second-order valence-electron chi connectivity index (χ2n) is 26.8. The highest BCUT2D eigenvalue weighted by Crippen LogP contribution is 2.43. The van der Waals surface area contributed by atoms with Crippen molar-refractivity contribution in [3.8, 4) is 0 Å². The standard InChI is InChI=1S/C81H145N2O7P/c1-7-10-13-16-19-22-25-28-30-32-34-36-38-40-41-43-45-47-49-51-53-56-59-62-65-68-71-74-81(85)90-79(72-69-66-63-60-57-54-27-24-21-18-15-12-9-3)78(77-89-91(86,87)88-76-75-83(4,5)6)82-80(84)73-70-67-64-61-58-55-52-50-48-46-44-42-39-37-35-33-31-29-26-23-20-17-14-11-8-2/h11,14,19-20,22-23,28-31,34-37,42,44,69,72,78-79H,7-10,12-13,15-18,21,24-27,32-33,38-41,43,45-68,70-71,73-77H2,1-6H3,(H-,82,84,86,87)/p+1/b14-11-,22-19-,23-20-,30-28-,31-29-,36-34-,37-35-,44-42-,72-69+. The first-order valence-corrected chi connectivity index (χ1v) is 39.7. The van der Waals surface area contributed by atoms with E-state index in [1.807, 2.05) is 33.3 Å². The number of hydrogen-bond acceptors (Lipinski definition) is 6. The van der Waals surface area contributed by atoms with Gasteiger partial charge in [-0.2, -0.15) is 0 Å². The number of phosphoric acid groups is 1. The summed E-state index contributed by atoms with van der Waals surface area (Å²) >= 11 is 0. The maximum atomic E-state index is 13.7. The van der Waals surface area contributed by atoms with E-state index < -0.39 is 20.0 Å². The van der Waals surface area contributed by atoms with Crippen LogP contribution in [-0.4, -0.2) is 74.3 Å². The zero-order chi connectivity index (χ0) is 66.3. The van der Waals surface area contributed by atoms with E-state index >= 15 is 0 Å². The molecule has 2 N–H and O–H groups in total. The number of phosphoric ester groups is 1. The summed E-state index contributed by atoms with van der Waals surface area (Å²) in [5.74, 6) is -0.506. The van der Waals surface area contributed by atoms with Crippen LogP contribution in [0.4, 0.5) is 0 Å². The number of amides is 1. The summed E-state index contributed by atoms with van der Waals surface area (Å²) in [7, 11) is 1.49. The van der Waals surface area contributed by atoms with Crippen LogP contribution < -0.4 is 5.32 Å². The van der Waals surface area contributed by atoms with Crippen LogP contribution in [0.15, 0.2) is 109 Å². The molecule has 0 aromatic rings. The molecule has 3 unspecified atom stereocenters. The van der Waals surface area contributed by atoms with Gasteiger partial charge < -0.3 is 19.4 Å². The summed E-state index contributed by atoms with van der Waals surface area (Å²) in [4.78, 5) is 38.0. The Balaban J connectivity index is 5.03. The maximum absolute atomic E-state index is 13.7. The molecule has 0 rings (SSSR count). The number of ether oxygens (including phenoxy) is 1. The quantitative estimate of drug-likeness (QED) is 0.0205. The highest BCUT2D eigenvalue weighted by molar-refractivity contribution is 7.47. The number of likely N-dealkylation sites (N-methyl/N-ethyl adjacent to an activating group) is 1. The molecule has 0 heterocycles. The van der Waals surface area contributed by atoms with Gasteiger partial charge in [0, 0.05) is 12.8 Å². The zero-order valence-electron chi connectivity index (χ0n) is 60.3. The van der Waals surface area contributed by atoms with Crippen molar-refractivity contribution in [2.75, 3.05) is 40.9 Å². The second-order valence-corrected chi connectivity index (χ2v) is 28.2. The van der Waals surface area contributed by atoms with E-state index in [4.69, 9.17) is 13.8 Å². The number of esters is 1. The summed E-state index contributed by atoms with van der Waals surface area (Å²) in [6, 6.07) is -0.860. The molecule has 91 heavy (non-hydrogen) atoms. The first-order chi connectivity index (χ1) is 44.4. The SMILES string of the molecule is CC/C=C\C/C=C\C/C=C\C/C=C\C/C=C\CCCCCCCCCCCC(=O)NC(COP(=O)(O)OCC[N+](C)(C)C)C(/C=C/CCCCCCCCCCCCC)OC(=O)CCCCCCCCCCCCCCCC/C=C\C/C=C\C/C=C\CCCCC. The van der Waals surface area contributed by atoms with E-state index in [1.54, 1.807) is 0 Å². The highest BCUT2D eigenvalue weighted by Gasteiger charge is 2.30. The first-order valence-electron chi connectivity index (χ1n) is 38.2. The van der Waals surface area contributed by atoms with Crippen LogP contribution in [0.25, 0.3) is 0 Å². The molecule has 0 aromatic heterocycles. The molecule has 0 aromatic carbocycles. The van der Waals surface area contributed by atoms with Gasteiger partial charge in [0.1, 0.15) is 19.3 Å². The van der Waals surface area contributed by atoms with Gasteiger partial charge in [-0.15, -0.1) is 0 Å². The van der Waals surface area contributed by atoms with Crippen LogP contribution in [0, 0.1) is 0 Å². The summed E-state index contributed by atoms with van der Waals surface area (Å²) in [6.07, 6.45) is 96.8. The molecule has 0 radical (unpaired) electrons. The fourth-order valence-electron chi connectivity index (χ4n) is 10.9. The Hall–Kier alpha value is -3.33. The third-order valence-corrected chi connectivity index (χ3v) is 17.7. The fourth-order valence-corrected chi connectivity index (χ4v) is 11.6. The molecule has 0 fully saturated rings. The van der Waals surface area contributed by atoms with Gasteiger partial charge in [0.15, 0.2) is 0 Å². The van der Waals surface area contributed by atoms with Crippen LogP contribution in [-0.2, 0) is 27.9 Å². The van der Waals surface area contributed by atoms with Crippen molar-refractivity contribution in [2.24, 2.45) is 0 Å². The van der Waals surface area contributed by atoms with Gasteiger partial charge in [0.2, 0.25) is 5.91 Å². The first kappa shape index (κ1) is 87.7. The molecule has 1 amide bonds. The third kappa shape index (κ3) is 70.8. The van der Waals surface area contributed by atoms with Crippen LogP contribution in [0.2, 0.25) is 0 Å².